The fourth-order valence-corrected chi connectivity index (χ4v) is 3.73. The number of nitrogens with zero attached hydrogens (tertiary/aromatic N) is 3. The fraction of sp³-hybridized carbons (Fsp3) is 0.529. The summed E-state index contributed by atoms with van der Waals surface area (Å²) < 4.78 is 39.7. The Morgan fingerprint density at radius 1 is 1.36 bits per heavy atom. The number of halogens is 4. The highest BCUT2D eigenvalue weighted by Gasteiger charge is 2.32. The molecule has 0 saturated heterocycles. The number of pyridine rings is 1. The third-order valence-corrected chi connectivity index (χ3v) is 5.06. The molecule has 1 saturated carbocycles. The summed E-state index contributed by atoms with van der Waals surface area (Å²) in [5.41, 5.74) is 0.959. The van der Waals surface area contributed by atoms with Crippen molar-refractivity contribution in [3.05, 3.63) is 40.3 Å². The van der Waals surface area contributed by atoms with Gasteiger partial charge in [0.25, 0.3) is 0 Å². The predicted molar refractivity (Wildman–Crippen MR) is 87.9 cm³/mol. The molecule has 2 atom stereocenters. The molecule has 0 amide bonds. The van der Waals surface area contributed by atoms with Crippen molar-refractivity contribution in [2.75, 3.05) is 6.61 Å². The molecule has 2 aromatic rings. The lowest BCUT2D eigenvalue weighted by Crippen LogP contribution is -2.17. The van der Waals surface area contributed by atoms with Crippen molar-refractivity contribution in [2.24, 2.45) is 5.92 Å². The van der Waals surface area contributed by atoms with Gasteiger partial charge in [-0.25, -0.2) is 9.67 Å². The van der Waals surface area contributed by atoms with Crippen LogP contribution in [0, 0.1) is 12.8 Å². The molecule has 8 heteroatoms. The summed E-state index contributed by atoms with van der Waals surface area (Å²) in [4.78, 5) is 3.85. The van der Waals surface area contributed by atoms with E-state index in [1.165, 1.54) is 4.68 Å². The number of aryl methyl sites for hydroxylation is 1. The van der Waals surface area contributed by atoms with Gasteiger partial charge in [-0.1, -0.05) is 18.0 Å². The smallest absolute Gasteiger partial charge is 0.396 e. The number of hydrogen-bond acceptors (Lipinski definition) is 3. The second kappa shape index (κ2) is 6.96. The zero-order valence-corrected chi connectivity index (χ0v) is 14.5. The molecule has 1 fully saturated rings. The van der Waals surface area contributed by atoms with Crippen LogP contribution in [0.25, 0.3) is 5.82 Å². The number of aromatic nitrogens is 3. The molecular formula is C17H19ClF3N3O. The molecule has 0 spiro atoms. The maximum atomic E-state index is 12.7. The Bertz CT molecular complexity index is 760. The lowest BCUT2D eigenvalue weighted by atomic mass is 9.78. The first-order valence-corrected chi connectivity index (χ1v) is 8.57. The van der Waals surface area contributed by atoms with Gasteiger partial charge in [-0.05, 0) is 49.7 Å². The molecule has 2 heterocycles. The van der Waals surface area contributed by atoms with Crippen molar-refractivity contribution >= 4 is 11.6 Å². The van der Waals surface area contributed by atoms with Crippen molar-refractivity contribution in [3.63, 3.8) is 0 Å². The lowest BCUT2D eigenvalue weighted by molar-refractivity contribution is -0.137. The molecule has 0 bridgehead atoms. The van der Waals surface area contributed by atoms with E-state index in [0.717, 1.165) is 49.2 Å². The normalized spacial score (nSPS) is 21.5. The SMILES string of the molecule is Cc1nn(-c2ncc(C(F)(F)F)cc2Cl)cc1C1CCCC(CO)C1. The van der Waals surface area contributed by atoms with Gasteiger partial charge in [0.15, 0.2) is 5.82 Å². The third kappa shape index (κ3) is 3.82. The van der Waals surface area contributed by atoms with Gasteiger partial charge in [-0.3, -0.25) is 0 Å². The maximum absolute atomic E-state index is 12.7. The van der Waals surface area contributed by atoms with E-state index >= 15 is 0 Å². The Hall–Kier alpha value is -1.60. The van der Waals surface area contributed by atoms with Crippen LogP contribution in [-0.2, 0) is 6.18 Å². The summed E-state index contributed by atoms with van der Waals surface area (Å²) in [6, 6.07) is 0.864. The topological polar surface area (TPSA) is 50.9 Å². The van der Waals surface area contributed by atoms with Crippen LogP contribution >= 0.6 is 11.6 Å². The average Bonchev–Trinajstić information content (AvgIpc) is 2.95. The van der Waals surface area contributed by atoms with Crippen LogP contribution in [0.15, 0.2) is 18.5 Å². The minimum Gasteiger partial charge on any atom is -0.396 e. The molecule has 1 aliphatic carbocycles. The quantitative estimate of drug-likeness (QED) is 0.861. The molecule has 2 aromatic heterocycles. The lowest BCUT2D eigenvalue weighted by Gasteiger charge is -2.27. The number of rotatable bonds is 3. The number of aliphatic hydroxyl groups excluding tert-OH is 1. The molecule has 0 aromatic carbocycles. The first-order chi connectivity index (χ1) is 11.8. The Morgan fingerprint density at radius 2 is 2.12 bits per heavy atom. The van der Waals surface area contributed by atoms with Gasteiger partial charge in [0.05, 0.1) is 16.3 Å². The number of aliphatic hydroxyl groups is 1. The largest absolute Gasteiger partial charge is 0.417 e. The molecule has 136 valence electrons. The van der Waals surface area contributed by atoms with E-state index in [0.29, 0.717) is 0 Å². The second-order valence-corrected chi connectivity index (χ2v) is 6.96. The average molecular weight is 374 g/mol. The monoisotopic (exact) mass is 373 g/mol. The standard InChI is InChI=1S/C17H19ClF3N3O/c1-10-14(12-4-2-3-11(5-12)9-25)8-24(23-10)16-15(18)6-13(7-22-16)17(19,20)21/h6-8,11-12,25H,2-5,9H2,1H3. The zero-order chi connectivity index (χ0) is 18.2. The van der Waals surface area contributed by atoms with Crippen LogP contribution in [0.4, 0.5) is 13.2 Å². The van der Waals surface area contributed by atoms with Crippen LogP contribution in [-0.4, -0.2) is 26.5 Å². The van der Waals surface area contributed by atoms with Crippen molar-refractivity contribution in [1.29, 1.82) is 0 Å². The van der Waals surface area contributed by atoms with Crippen molar-refractivity contribution in [1.82, 2.24) is 14.8 Å². The van der Waals surface area contributed by atoms with Gasteiger partial charge in [-0.15, -0.1) is 0 Å². The van der Waals surface area contributed by atoms with Crippen LogP contribution in [0.2, 0.25) is 5.02 Å². The highest BCUT2D eigenvalue weighted by Crippen LogP contribution is 2.38. The van der Waals surface area contributed by atoms with Crippen LogP contribution in [0.3, 0.4) is 0 Å². The summed E-state index contributed by atoms with van der Waals surface area (Å²) in [5.74, 6) is 0.751. The van der Waals surface area contributed by atoms with E-state index in [2.05, 4.69) is 10.1 Å². The van der Waals surface area contributed by atoms with Crippen molar-refractivity contribution < 1.29 is 18.3 Å². The Balaban J connectivity index is 1.90. The summed E-state index contributed by atoms with van der Waals surface area (Å²) >= 11 is 6.01. The van der Waals surface area contributed by atoms with E-state index < -0.39 is 11.7 Å². The summed E-state index contributed by atoms with van der Waals surface area (Å²) in [6.45, 7) is 2.04. The first kappa shape index (κ1) is 18.2. The highest BCUT2D eigenvalue weighted by molar-refractivity contribution is 6.32. The molecule has 2 unspecified atom stereocenters. The highest BCUT2D eigenvalue weighted by atomic mass is 35.5. The van der Waals surface area contributed by atoms with Gasteiger partial charge < -0.3 is 5.11 Å². The molecular weight excluding hydrogens is 355 g/mol. The van der Waals surface area contributed by atoms with Gasteiger partial charge in [0.1, 0.15) is 0 Å². The van der Waals surface area contributed by atoms with Crippen molar-refractivity contribution in [3.8, 4) is 5.82 Å². The zero-order valence-electron chi connectivity index (χ0n) is 13.7. The van der Waals surface area contributed by atoms with Gasteiger partial charge in [0.2, 0.25) is 0 Å². The minimum atomic E-state index is -4.48. The number of hydrogen-bond donors (Lipinski definition) is 1. The van der Waals surface area contributed by atoms with E-state index in [1.807, 2.05) is 6.92 Å². The predicted octanol–water partition coefficient (Wildman–Crippen LogP) is 4.51. The van der Waals surface area contributed by atoms with E-state index in [-0.39, 0.29) is 29.3 Å². The summed E-state index contributed by atoms with van der Waals surface area (Å²) in [5, 5.41) is 13.7. The Labute approximate surface area is 148 Å². The van der Waals surface area contributed by atoms with Crippen LogP contribution in [0.5, 0.6) is 0 Å². The Kier molecular flexibility index (Phi) is 5.06. The second-order valence-electron chi connectivity index (χ2n) is 6.55. The maximum Gasteiger partial charge on any atom is 0.417 e. The molecule has 0 aliphatic heterocycles. The summed E-state index contributed by atoms with van der Waals surface area (Å²) in [7, 11) is 0. The first-order valence-electron chi connectivity index (χ1n) is 8.19. The third-order valence-electron chi connectivity index (χ3n) is 4.78. The minimum absolute atomic E-state index is 0.0965. The van der Waals surface area contributed by atoms with Gasteiger partial charge in [0, 0.05) is 19.0 Å². The molecule has 0 radical (unpaired) electrons. The van der Waals surface area contributed by atoms with E-state index in [1.54, 1.807) is 6.20 Å². The molecule has 3 rings (SSSR count). The van der Waals surface area contributed by atoms with Crippen LogP contribution < -0.4 is 0 Å². The summed E-state index contributed by atoms with van der Waals surface area (Å²) in [6.07, 6.45) is 2.03. The van der Waals surface area contributed by atoms with E-state index in [4.69, 9.17) is 11.6 Å². The van der Waals surface area contributed by atoms with E-state index in [9.17, 15) is 18.3 Å². The van der Waals surface area contributed by atoms with Gasteiger partial charge in [-0.2, -0.15) is 18.3 Å². The fourth-order valence-electron chi connectivity index (χ4n) is 3.48. The van der Waals surface area contributed by atoms with Gasteiger partial charge >= 0.3 is 6.18 Å². The molecule has 1 N–H and O–H groups in total. The van der Waals surface area contributed by atoms with Crippen LogP contribution in [0.1, 0.15) is 48.4 Å². The van der Waals surface area contributed by atoms with Crippen molar-refractivity contribution in [2.45, 2.75) is 44.7 Å². The molecule has 25 heavy (non-hydrogen) atoms. The molecule has 4 nitrogen and oxygen atoms in total. The molecule has 1 aliphatic rings. The Morgan fingerprint density at radius 3 is 2.76 bits per heavy atom. The number of alkyl halides is 3.